The lowest BCUT2D eigenvalue weighted by molar-refractivity contribution is -0.122. The van der Waals surface area contributed by atoms with Crippen LogP contribution in [-0.4, -0.2) is 44.2 Å². The molecule has 0 spiro atoms. The number of ether oxygens (including phenoxy) is 1. The van der Waals surface area contributed by atoms with Gasteiger partial charge < -0.3 is 19.9 Å². The van der Waals surface area contributed by atoms with Gasteiger partial charge in [-0.3, -0.25) is 14.4 Å². The molecule has 2 fully saturated rings. The van der Waals surface area contributed by atoms with E-state index < -0.39 is 5.92 Å². The lowest BCUT2D eigenvalue weighted by atomic mass is 10.1. The number of nitrogens with one attached hydrogen (secondary N) is 1. The Hall–Kier alpha value is -3.00. The van der Waals surface area contributed by atoms with E-state index in [-0.39, 0.29) is 24.1 Å². The minimum atomic E-state index is -0.434. The number of nitrogens with zero attached hydrogens (tertiary/aromatic N) is 2. The fourth-order valence-corrected chi connectivity index (χ4v) is 4.49. The normalized spacial score (nSPS) is 18.6. The quantitative estimate of drug-likeness (QED) is 0.697. The molecule has 2 aromatic carbocycles. The number of thioether (sulfide) groups is 1. The molecule has 162 valence electrons. The summed E-state index contributed by atoms with van der Waals surface area (Å²) in [5.74, 6) is -0.0877. The molecule has 0 radical (unpaired) electrons. The van der Waals surface area contributed by atoms with Crippen LogP contribution in [0.2, 0.25) is 0 Å². The largest absolute Gasteiger partial charge is 0.494 e. The Kier molecular flexibility index (Phi) is 6.18. The predicted molar refractivity (Wildman–Crippen MR) is 122 cm³/mol. The van der Waals surface area contributed by atoms with Crippen LogP contribution in [0.4, 0.5) is 17.1 Å². The van der Waals surface area contributed by atoms with Crippen LogP contribution in [0.15, 0.2) is 47.4 Å². The summed E-state index contributed by atoms with van der Waals surface area (Å²) in [4.78, 5) is 41.9. The fraction of sp³-hybridized carbons (Fsp3) is 0.348. The Balaban J connectivity index is 1.46. The molecule has 0 bridgehead atoms. The van der Waals surface area contributed by atoms with E-state index in [0.29, 0.717) is 36.6 Å². The van der Waals surface area contributed by atoms with Crippen molar-refractivity contribution in [1.82, 2.24) is 0 Å². The van der Waals surface area contributed by atoms with E-state index >= 15 is 0 Å². The van der Waals surface area contributed by atoms with Crippen molar-refractivity contribution in [2.45, 2.75) is 24.2 Å². The summed E-state index contributed by atoms with van der Waals surface area (Å²) in [5, 5.41) is 2.90. The maximum atomic E-state index is 12.9. The number of methoxy groups -OCH3 is 1. The van der Waals surface area contributed by atoms with Gasteiger partial charge in [0.2, 0.25) is 17.7 Å². The van der Waals surface area contributed by atoms with Crippen molar-refractivity contribution < 1.29 is 19.1 Å². The van der Waals surface area contributed by atoms with Crippen molar-refractivity contribution in [3.05, 3.63) is 42.5 Å². The molecule has 2 aromatic rings. The molecule has 8 heteroatoms. The number of amides is 3. The van der Waals surface area contributed by atoms with Crippen LogP contribution in [0.25, 0.3) is 0 Å². The second-order valence-corrected chi connectivity index (χ2v) is 8.51. The minimum absolute atomic E-state index is 0.0566. The number of carbonyl (C=O) groups excluding carboxylic acids is 3. The molecule has 31 heavy (non-hydrogen) atoms. The van der Waals surface area contributed by atoms with E-state index in [4.69, 9.17) is 4.74 Å². The summed E-state index contributed by atoms with van der Waals surface area (Å²) in [5.41, 5.74) is 2.10. The molecule has 0 saturated carbocycles. The van der Waals surface area contributed by atoms with Crippen LogP contribution in [-0.2, 0) is 14.4 Å². The van der Waals surface area contributed by atoms with Crippen LogP contribution >= 0.6 is 11.8 Å². The Morgan fingerprint density at radius 3 is 2.68 bits per heavy atom. The summed E-state index contributed by atoms with van der Waals surface area (Å²) in [6.45, 7) is 1.01. The number of rotatable bonds is 6. The van der Waals surface area contributed by atoms with Gasteiger partial charge in [0, 0.05) is 48.3 Å². The van der Waals surface area contributed by atoms with Crippen molar-refractivity contribution in [3.63, 3.8) is 0 Å². The maximum absolute atomic E-state index is 12.9. The van der Waals surface area contributed by atoms with Crippen LogP contribution in [0.5, 0.6) is 5.75 Å². The molecule has 0 aliphatic carbocycles. The van der Waals surface area contributed by atoms with E-state index in [1.165, 1.54) is 0 Å². The van der Waals surface area contributed by atoms with Crippen LogP contribution < -0.4 is 19.9 Å². The smallest absolute Gasteiger partial charge is 0.229 e. The topological polar surface area (TPSA) is 79.0 Å². The molecule has 7 nitrogen and oxygen atoms in total. The van der Waals surface area contributed by atoms with Crippen molar-refractivity contribution in [2.24, 2.45) is 5.92 Å². The molecule has 0 unspecified atom stereocenters. The molecule has 1 N–H and O–H groups in total. The van der Waals surface area contributed by atoms with Gasteiger partial charge in [-0.1, -0.05) is 6.07 Å². The maximum Gasteiger partial charge on any atom is 0.229 e. The van der Waals surface area contributed by atoms with Gasteiger partial charge in [-0.05, 0) is 43.0 Å². The van der Waals surface area contributed by atoms with E-state index in [2.05, 4.69) is 5.32 Å². The van der Waals surface area contributed by atoms with Crippen molar-refractivity contribution >= 4 is 46.5 Å². The summed E-state index contributed by atoms with van der Waals surface area (Å²) in [6, 6.07) is 13.0. The third-order valence-corrected chi connectivity index (χ3v) is 6.40. The van der Waals surface area contributed by atoms with Gasteiger partial charge in [-0.15, -0.1) is 11.8 Å². The second-order valence-electron chi connectivity index (χ2n) is 7.63. The first-order valence-electron chi connectivity index (χ1n) is 10.2. The zero-order chi connectivity index (χ0) is 22.0. The first kappa shape index (κ1) is 21.2. The van der Waals surface area contributed by atoms with E-state index in [1.54, 1.807) is 46.9 Å². The van der Waals surface area contributed by atoms with Gasteiger partial charge >= 0.3 is 0 Å². The molecule has 3 amide bonds. The van der Waals surface area contributed by atoms with E-state index in [1.807, 2.05) is 30.5 Å². The van der Waals surface area contributed by atoms with E-state index in [9.17, 15) is 14.4 Å². The highest BCUT2D eigenvalue weighted by Crippen LogP contribution is 2.34. The molecule has 2 aliphatic rings. The number of hydrogen-bond acceptors (Lipinski definition) is 5. The Bertz CT molecular complexity index is 1030. The summed E-state index contributed by atoms with van der Waals surface area (Å²) < 4.78 is 5.46. The highest BCUT2D eigenvalue weighted by atomic mass is 32.2. The molecule has 1 atom stereocenters. The third kappa shape index (κ3) is 4.39. The summed E-state index contributed by atoms with van der Waals surface area (Å²) >= 11 is 1.61. The Morgan fingerprint density at radius 2 is 1.97 bits per heavy atom. The molecular formula is C23H25N3O4S. The van der Waals surface area contributed by atoms with Crippen LogP contribution in [0.3, 0.4) is 0 Å². The van der Waals surface area contributed by atoms with Gasteiger partial charge in [0.15, 0.2) is 0 Å². The summed E-state index contributed by atoms with van der Waals surface area (Å²) in [6.07, 6.45) is 3.52. The lowest BCUT2D eigenvalue weighted by Gasteiger charge is -2.20. The monoisotopic (exact) mass is 439 g/mol. The highest BCUT2D eigenvalue weighted by molar-refractivity contribution is 7.98. The molecular weight excluding hydrogens is 414 g/mol. The van der Waals surface area contributed by atoms with Gasteiger partial charge in [0.1, 0.15) is 5.75 Å². The summed E-state index contributed by atoms with van der Waals surface area (Å²) in [7, 11) is 1.54. The SMILES string of the molecule is COc1cc(NC(=O)[C@@H]2CC(=O)N(c3cccc(SC)c3)C2)ccc1N1CCCC1=O. The molecule has 4 rings (SSSR count). The van der Waals surface area contributed by atoms with Crippen LogP contribution in [0.1, 0.15) is 19.3 Å². The number of benzene rings is 2. The van der Waals surface area contributed by atoms with Gasteiger partial charge in [-0.2, -0.15) is 0 Å². The van der Waals surface area contributed by atoms with E-state index in [0.717, 1.165) is 17.0 Å². The van der Waals surface area contributed by atoms with Crippen molar-refractivity contribution in [3.8, 4) is 5.75 Å². The van der Waals surface area contributed by atoms with Gasteiger partial charge in [0.05, 0.1) is 18.7 Å². The zero-order valence-electron chi connectivity index (χ0n) is 17.6. The van der Waals surface area contributed by atoms with Crippen molar-refractivity contribution in [1.29, 1.82) is 0 Å². The number of anilines is 3. The molecule has 2 saturated heterocycles. The first-order chi connectivity index (χ1) is 15.0. The Labute approximate surface area is 185 Å². The zero-order valence-corrected chi connectivity index (χ0v) is 18.4. The van der Waals surface area contributed by atoms with Crippen molar-refractivity contribution in [2.75, 3.05) is 41.6 Å². The Morgan fingerprint density at radius 1 is 1.13 bits per heavy atom. The number of hydrogen-bond donors (Lipinski definition) is 1. The third-order valence-electron chi connectivity index (χ3n) is 5.67. The number of carbonyl (C=O) groups is 3. The molecule has 0 aromatic heterocycles. The fourth-order valence-electron chi connectivity index (χ4n) is 4.04. The standard InChI is InChI=1S/C23H25N3O4S/c1-30-20-12-16(8-9-19(20)25-10-4-7-21(25)27)24-23(29)15-11-22(28)26(14-15)17-5-3-6-18(13-17)31-2/h3,5-6,8-9,12-13,15H,4,7,10-11,14H2,1-2H3,(H,24,29)/t15-/m1/s1. The van der Waals surface area contributed by atoms with Gasteiger partial charge in [-0.25, -0.2) is 0 Å². The average Bonchev–Trinajstić information content (AvgIpc) is 3.39. The van der Waals surface area contributed by atoms with Crippen LogP contribution in [0, 0.1) is 5.92 Å². The second kappa shape index (κ2) is 9.01. The first-order valence-corrected chi connectivity index (χ1v) is 11.5. The highest BCUT2D eigenvalue weighted by Gasteiger charge is 2.35. The van der Waals surface area contributed by atoms with Gasteiger partial charge in [0.25, 0.3) is 0 Å². The molecule has 2 aliphatic heterocycles. The minimum Gasteiger partial charge on any atom is -0.494 e. The average molecular weight is 440 g/mol. The lowest BCUT2D eigenvalue weighted by Crippen LogP contribution is -2.28. The predicted octanol–water partition coefficient (Wildman–Crippen LogP) is 3.54. The molecule has 2 heterocycles.